The number of likely N-dealkylation sites (tertiary alicyclic amines) is 2. The van der Waals surface area contributed by atoms with Crippen LogP contribution < -0.4 is 10.1 Å². The van der Waals surface area contributed by atoms with Crippen LogP contribution in [0.1, 0.15) is 62.1 Å². The first-order valence-electron chi connectivity index (χ1n) is 13.8. The first kappa shape index (κ1) is 26.6. The second kappa shape index (κ2) is 11.8. The highest BCUT2D eigenvalue weighted by atomic mass is 19.3. The minimum atomic E-state index is -2.85. The van der Waals surface area contributed by atoms with Gasteiger partial charge in [0, 0.05) is 32.5 Å². The van der Waals surface area contributed by atoms with Crippen molar-refractivity contribution in [1.29, 1.82) is 0 Å². The second-order valence-electron chi connectivity index (χ2n) is 11.3. The van der Waals surface area contributed by atoms with Gasteiger partial charge in [-0.3, -0.25) is 9.59 Å². The van der Waals surface area contributed by atoms with Crippen molar-refractivity contribution < 1.29 is 23.1 Å². The molecule has 2 aromatic carbocycles. The summed E-state index contributed by atoms with van der Waals surface area (Å²) < 4.78 is 29.2. The molecule has 0 unspecified atom stereocenters. The molecule has 0 radical (unpaired) electrons. The highest BCUT2D eigenvalue weighted by Gasteiger charge is 2.44. The predicted octanol–water partition coefficient (Wildman–Crippen LogP) is 5.15. The van der Waals surface area contributed by atoms with Crippen molar-refractivity contribution >= 4 is 11.8 Å². The first-order valence-corrected chi connectivity index (χ1v) is 13.8. The lowest BCUT2D eigenvalue weighted by molar-refractivity contribution is -0.128. The molecule has 0 bridgehead atoms. The fraction of sp³-hybridized carbons (Fsp3) is 0.533. The van der Waals surface area contributed by atoms with Crippen LogP contribution >= 0.6 is 0 Å². The standard InChI is InChI=1S/C30H37F2N3O3/c31-29(32)38-25-10-8-23(9-11-25)20-35-21-30(19-28(35)37)13-16-34(17-14-30)15-12-26(24-4-2-1-3-5-24)33-27(36)18-22-6-7-22/h1-5,8-11,22,26,29H,6-7,12-21H2,(H,33,36)/t26-/m0/s1. The average Bonchev–Trinajstić information content (AvgIpc) is 3.67. The molecule has 1 N–H and O–H groups in total. The van der Waals surface area contributed by atoms with Crippen LogP contribution in [0.5, 0.6) is 5.75 Å². The molecule has 0 aromatic heterocycles. The van der Waals surface area contributed by atoms with Gasteiger partial charge in [0.15, 0.2) is 0 Å². The monoisotopic (exact) mass is 525 g/mol. The zero-order valence-electron chi connectivity index (χ0n) is 21.8. The van der Waals surface area contributed by atoms with Gasteiger partial charge >= 0.3 is 6.61 Å². The molecular formula is C30H37F2N3O3. The van der Waals surface area contributed by atoms with Crippen molar-refractivity contribution in [1.82, 2.24) is 15.1 Å². The summed E-state index contributed by atoms with van der Waals surface area (Å²) >= 11 is 0. The minimum Gasteiger partial charge on any atom is -0.435 e. The Balaban J connectivity index is 1.11. The van der Waals surface area contributed by atoms with Crippen molar-refractivity contribution in [3.05, 3.63) is 65.7 Å². The molecule has 6 nitrogen and oxygen atoms in total. The van der Waals surface area contributed by atoms with E-state index in [2.05, 4.69) is 27.1 Å². The van der Waals surface area contributed by atoms with Gasteiger partial charge < -0.3 is 19.9 Å². The lowest BCUT2D eigenvalue weighted by Gasteiger charge is -2.39. The minimum absolute atomic E-state index is 0.00359. The van der Waals surface area contributed by atoms with E-state index in [-0.39, 0.29) is 29.0 Å². The van der Waals surface area contributed by atoms with Gasteiger partial charge in [-0.05, 0) is 79.8 Å². The van der Waals surface area contributed by atoms with Crippen LogP contribution in [0.4, 0.5) is 8.78 Å². The molecule has 2 aliphatic heterocycles. The fourth-order valence-electron chi connectivity index (χ4n) is 5.86. The van der Waals surface area contributed by atoms with Crippen LogP contribution in [0.15, 0.2) is 54.6 Å². The zero-order valence-corrected chi connectivity index (χ0v) is 21.8. The molecule has 8 heteroatoms. The summed E-state index contributed by atoms with van der Waals surface area (Å²) in [5.41, 5.74) is 2.06. The van der Waals surface area contributed by atoms with E-state index in [0.717, 1.165) is 56.6 Å². The van der Waals surface area contributed by atoms with E-state index in [1.807, 2.05) is 23.1 Å². The first-order chi connectivity index (χ1) is 18.4. The third kappa shape index (κ3) is 7.10. The Morgan fingerprint density at radius 1 is 1.05 bits per heavy atom. The molecule has 2 saturated heterocycles. The van der Waals surface area contributed by atoms with Gasteiger partial charge in [0.25, 0.3) is 0 Å². The van der Waals surface area contributed by atoms with E-state index in [1.54, 1.807) is 12.1 Å². The molecule has 3 aliphatic rings. The number of nitrogens with zero attached hydrogens (tertiary/aromatic N) is 2. The molecule has 38 heavy (non-hydrogen) atoms. The molecule has 1 saturated carbocycles. The summed E-state index contributed by atoms with van der Waals surface area (Å²) in [6.45, 7) is 1.17. The smallest absolute Gasteiger partial charge is 0.387 e. The van der Waals surface area contributed by atoms with E-state index in [9.17, 15) is 18.4 Å². The molecule has 1 atom stereocenters. The number of hydrogen-bond acceptors (Lipinski definition) is 4. The average molecular weight is 526 g/mol. The summed E-state index contributed by atoms with van der Waals surface area (Å²) in [6.07, 6.45) is 6.35. The van der Waals surface area contributed by atoms with E-state index >= 15 is 0 Å². The zero-order chi connectivity index (χ0) is 26.5. The quantitative estimate of drug-likeness (QED) is 0.441. The van der Waals surface area contributed by atoms with E-state index in [1.165, 1.54) is 25.0 Å². The summed E-state index contributed by atoms with van der Waals surface area (Å²) in [5.74, 6) is 1.00. The van der Waals surface area contributed by atoms with Crippen LogP contribution in [-0.4, -0.2) is 54.4 Å². The maximum absolute atomic E-state index is 12.8. The van der Waals surface area contributed by atoms with Crippen molar-refractivity contribution in [3.63, 3.8) is 0 Å². The molecule has 204 valence electrons. The van der Waals surface area contributed by atoms with Gasteiger partial charge in [-0.2, -0.15) is 8.78 Å². The second-order valence-corrected chi connectivity index (χ2v) is 11.3. The van der Waals surface area contributed by atoms with Crippen molar-refractivity contribution in [2.45, 2.75) is 64.1 Å². The van der Waals surface area contributed by atoms with Gasteiger partial charge in [-0.15, -0.1) is 0 Å². The van der Waals surface area contributed by atoms with Crippen LogP contribution in [0.2, 0.25) is 0 Å². The van der Waals surface area contributed by atoms with Crippen molar-refractivity contribution in [3.8, 4) is 5.75 Å². The maximum Gasteiger partial charge on any atom is 0.387 e. The number of benzene rings is 2. The van der Waals surface area contributed by atoms with Gasteiger partial charge in [0.1, 0.15) is 5.75 Å². The fourth-order valence-corrected chi connectivity index (χ4v) is 5.86. The highest BCUT2D eigenvalue weighted by molar-refractivity contribution is 5.79. The van der Waals surface area contributed by atoms with E-state index in [0.29, 0.717) is 25.3 Å². The number of piperidine rings is 1. The third-order valence-corrected chi connectivity index (χ3v) is 8.29. The molecular weight excluding hydrogens is 488 g/mol. The number of amides is 2. The largest absolute Gasteiger partial charge is 0.435 e. The Labute approximate surface area is 223 Å². The van der Waals surface area contributed by atoms with Gasteiger partial charge in [-0.1, -0.05) is 42.5 Å². The Bertz CT molecular complexity index is 1080. The van der Waals surface area contributed by atoms with Crippen molar-refractivity contribution in [2.24, 2.45) is 11.3 Å². The van der Waals surface area contributed by atoms with Gasteiger partial charge in [0.2, 0.25) is 11.8 Å². The maximum atomic E-state index is 12.8. The number of nitrogens with one attached hydrogen (secondary N) is 1. The Kier molecular flexibility index (Phi) is 8.27. The van der Waals surface area contributed by atoms with Gasteiger partial charge in [-0.25, -0.2) is 0 Å². The number of carbonyl (C=O) groups is 2. The number of carbonyl (C=O) groups excluding carboxylic acids is 2. The third-order valence-electron chi connectivity index (χ3n) is 8.29. The molecule has 3 fully saturated rings. The number of ether oxygens (including phenoxy) is 1. The van der Waals surface area contributed by atoms with E-state index in [4.69, 9.17) is 0 Å². The molecule has 2 heterocycles. The number of alkyl halides is 2. The Morgan fingerprint density at radius 3 is 2.42 bits per heavy atom. The summed E-state index contributed by atoms with van der Waals surface area (Å²) in [4.78, 5) is 29.8. The number of halogens is 2. The summed E-state index contributed by atoms with van der Waals surface area (Å²) in [5, 5.41) is 3.28. The lowest BCUT2D eigenvalue weighted by atomic mass is 9.77. The molecule has 2 aromatic rings. The van der Waals surface area contributed by atoms with Crippen LogP contribution in [0, 0.1) is 11.3 Å². The summed E-state index contributed by atoms with van der Waals surface area (Å²) in [6, 6.07) is 16.8. The lowest BCUT2D eigenvalue weighted by Crippen LogP contribution is -2.42. The predicted molar refractivity (Wildman–Crippen MR) is 140 cm³/mol. The Hall–Kier alpha value is -3.00. The van der Waals surface area contributed by atoms with Crippen LogP contribution in [0.3, 0.4) is 0 Å². The highest BCUT2D eigenvalue weighted by Crippen LogP contribution is 2.41. The molecule has 1 aliphatic carbocycles. The topological polar surface area (TPSA) is 61.9 Å². The van der Waals surface area contributed by atoms with E-state index < -0.39 is 6.61 Å². The Morgan fingerprint density at radius 2 is 1.76 bits per heavy atom. The summed E-state index contributed by atoms with van der Waals surface area (Å²) in [7, 11) is 0. The van der Waals surface area contributed by atoms with Gasteiger partial charge in [0.05, 0.1) is 6.04 Å². The number of rotatable bonds is 11. The molecule has 1 spiro atoms. The SMILES string of the molecule is O=C(CC1CC1)N[C@@H](CCN1CCC2(CC1)CC(=O)N(Cc1ccc(OC(F)F)cc1)C2)c1ccccc1. The van der Waals surface area contributed by atoms with Crippen LogP contribution in [-0.2, 0) is 16.1 Å². The molecule has 5 rings (SSSR count). The molecule has 2 amide bonds. The van der Waals surface area contributed by atoms with Crippen LogP contribution in [0.25, 0.3) is 0 Å². The number of hydrogen-bond donors (Lipinski definition) is 1. The normalized spacial score (nSPS) is 20.2. The van der Waals surface area contributed by atoms with Crippen molar-refractivity contribution in [2.75, 3.05) is 26.2 Å².